The summed E-state index contributed by atoms with van der Waals surface area (Å²) in [5.41, 5.74) is 2.57. The normalized spacial score (nSPS) is 18.9. The number of benzene rings is 2. The molecule has 5 rings (SSSR count). The molecule has 1 saturated carbocycles. The van der Waals surface area contributed by atoms with E-state index in [0.717, 1.165) is 34.9 Å². The Hall–Kier alpha value is -2.95. The van der Waals surface area contributed by atoms with Crippen LogP contribution in [0.25, 0.3) is 0 Å². The van der Waals surface area contributed by atoms with Gasteiger partial charge in [0, 0.05) is 47.1 Å². The number of carbonyl (C=O) groups is 3. The highest BCUT2D eigenvalue weighted by Crippen LogP contribution is 2.42. The molecule has 2 heterocycles. The molecule has 1 aliphatic carbocycles. The number of carbonyl (C=O) groups excluding carboxylic acids is 3. The van der Waals surface area contributed by atoms with Gasteiger partial charge in [0.25, 0.3) is 5.91 Å². The van der Waals surface area contributed by atoms with Gasteiger partial charge in [-0.2, -0.15) is 0 Å². The number of methoxy groups -OCH3 is 1. The summed E-state index contributed by atoms with van der Waals surface area (Å²) in [7, 11) is 1.61. The van der Waals surface area contributed by atoms with Crippen LogP contribution in [0.2, 0.25) is 0 Å². The predicted octanol–water partition coefficient (Wildman–Crippen LogP) is 4.33. The first kappa shape index (κ1) is 27.6. The third-order valence-corrected chi connectivity index (χ3v) is 8.74. The fourth-order valence-electron chi connectivity index (χ4n) is 5.85. The molecule has 0 bridgehead atoms. The Labute approximate surface area is 237 Å². The van der Waals surface area contributed by atoms with Gasteiger partial charge < -0.3 is 25.0 Å². The van der Waals surface area contributed by atoms with E-state index in [1.807, 2.05) is 36.1 Å². The third kappa shape index (κ3) is 5.69. The SMILES string of the molecule is COc1cc(NC(=O)C2(N3Cc4c(Br)cc(NC(=O)CN5CCOCC5)cc4C3=O)CCCCC2)ccc1C. The van der Waals surface area contributed by atoms with E-state index >= 15 is 0 Å². The molecule has 0 aromatic heterocycles. The third-order valence-electron chi connectivity index (χ3n) is 8.03. The molecule has 9 nitrogen and oxygen atoms in total. The maximum Gasteiger partial charge on any atom is 0.255 e. The van der Waals surface area contributed by atoms with E-state index in [1.54, 1.807) is 18.1 Å². The van der Waals surface area contributed by atoms with Gasteiger partial charge in [-0.05, 0) is 49.1 Å². The van der Waals surface area contributed by atoms with E-state index in [9.17, 15) is 14.4 Å². The molecule has 208 valence electrons. The number of hydrogen-bond acceptors (Lipinski definition) is 6. The highest BCUT2D eigenvalue weighted by Gasteiger charge is 2.50. The number of aryl methyl sites for hydroxylation is 1. The first-order valence-electron chi connectivity index (χ1n) is 13.5. The summed E-state index contributed by atoms with van der Waals surface area (Å²) in [6, 6.07) is 9.14. The van der Waals surface area contributed by atoms with Gasteiger partial charge >= 0.3 is 0 Å². The van der Waals surface area contributed by atoms with E-state index in [0.29, 0.717) is 68.4 Å². The monoisotopic (exact) mass is 598 g/mol. The second-order valence-corrected chi connectivity index (χ2v) is 11.4. The predicted molar refractivity (Wildman–Crippen MR) is 152 cm³/mol. The average Bonchev–Trinajstić information content (AvgIpc) is 3.27. The van der Waals surface area contributed by atoms with Crippen LogP contribution in [0.5, 0.6) is 5.75 Å². The lowest BCUT2D eigenvalue weighted by molar-refractivity contribution is -0.129. The maximum atomic E-state index is 13.9. The molecule has 0 atom stereocenters. The van der Waals surface area contributed by atoms with Gasteiger partial charge in [-0.25, -0.2) is 0 Å². The minimum absolute atomic E-state index is 0.136. The standard InChI is InChI=1S/C29H35BrN4O5/c1-19-6-7-20(16-25(19)38-2)32-28(37)29(8-4-3-5-9-29)34-17-23-22(27(34)36)14-21(15-24(23)30)31-26(35)18-33-10-12-39-13-11-33/h6-7,14-16H,3-5,8-13,17-18H2,1-2H3,(H,31,35)(H,32,37). The van der Waals surface area contributed by atoms with Crippen LogP contribution < -0.4 is 15.4 Å². The molecule has 2 aromatic rings. The summed E-state index contributed by atoms with van der Waals surface area (Å²) >= 11 is 3.63. The number of anilines is 2. The first-order valence-corrected chi connectivity index (χ1v) is 14.3. The number of ether oxygens (including phenoxy) is 2. The van der Waals surface area contributed by atoms with Crippen molar-refractivity contribution in [2.45, 2.75) is 51.1 Å². The van der Waals surface area contributed by atoms with Crippen LogP contribution in [0, 0.1) is 6.92 Å². The molecule has 2 aromatic carbocycles. The van der Waals surface area contributed by atoms with Crippen molar-refractivity contribution in [3.63, 3.8) is 0 Å². The quantitative estimate of drug-likeness (QED) is 0.492. The molecule has 0 spiro atoms. The van der Waals surface area contributed by atoms with E-state index in [1.165, 1.54) is 0 Å². The minimum atomic E-state index is -0.953. The van der Waals surface area contributed by atoms with Crippen LogP contribution >= 0.6 is 15.9 Å². The molecule has 39 heavy (non-hydrogen) atoms. The van der Waals surface area contributed by atoms with Gasteiger partial charge in [0.05, 0.1) is 26.9 Å². The average molecular weight is 600 g/mol. The van der Waals surface area contributed by atoms with Crippen LogP contribution in [0.1, 0.15) is 53.6 Å². The smallest absolute Gasteiger partial charge is 0.255 e. The number of nitrogens with zero attached hydrogens (tertiary/aromatic N) is 2. The maximum absolute atomic E-state index is 13.9. The Morgan fingerprint density at radius 2 is 1.79 bits per heavy atom. The summed E-state index contributed by atoms with van der Waals surface area (Å²) in [5.74, 6) is 0.197. The summed E-state index contributed by atoms with van der Waals surface area (Å²) in [6.45, 7) is 5.23. The van der Waals surface area contributed by atoms with E-state index in [4.69, 9.17) is 9.47 Å². The zero-order chi connectivity index (χ0) is 27.6. The summed E-state index contributed by atoms with van der Waals surface area (Å²) in [4.78, 5) is 44.3. The fraction of sp³-hybridized carbons (Fsp3) is 0.483. The zero-order valence-corrected chi connectivity index (χ0v) is 24.1. The Morgan fingerprint density at radius 3 is 2.51 bits per heavy atom. The Morgan fingerprint density at radius 1 is 1.05 bits per heavy atom. The van der Waals surface area contributed by atoms with E-state index < -0.39 is 5.54 Å². The topological polar surface area (TPSA) is 100 Å². The van der Waals surface area contributed by atoms with Gasteiger partial charge in [-0.3, -0.25) is 19.3 Å². The number of fused-ring (bicyclic) bond motifs is 1. The van der Waals surface area contributed by atoms with Crippen LogP contribution in [0.3, 0.4) is 0 Å². The van der Waals surface area contributed by atoms with Gasteiger partial charge in [-0.1, -0.05) is 41.3 Å². The summed E-state index contributed by atoms with van der Waals surface area (Å²) in [5, 5.41) is 6.02. The molecule has 2 N–H and O–H groups in total. The highest BCUT2D eigenvalue weighted by atomic mass is 79.9. The van der Waals surface area contributed by atoms with Crippen LogP contribution in [0.4, 0.5) is 11.4 Å². The lowest BCUT2D eigenvalue weighted by atomic mass is 9.79. The number of hydrogen-bond donors (Lipinski definition) is 2. The molecule has 10 heteroatoms. The van der Waals surface area contributed by atoms with Crippen molar-refractivity contribution in [1.82, 2.24) is 9.80 Å². The first-order chi connectivity index (χ1) is 18.8. The van der Waals surface area contributed by atoms with Crippen LogP contribution in [-0.2, 0) is 20.9 Å². The molecule has 1 saturated heterocycles. The Balaban J connectivity index is 1.36. The van der Waals surface area contributed by atoms with Crippen molar-refractivity contribution in [1.29, 1.82) is 0 Å². The van der Waals surface area contributed by atoms with Crippen molar-refractivity contribution in [3.8, 4) is 5.75 Å². The zero-order valence-electron chi connectivity index (χ0n) is 22.5. The number of nitrogens with one attached hydrogen (secondary N) is 2. The number of morpholine rings is 1. The van der Waals surface area contributed by atoms with Crippen molar-refractivity contribution in [2.75, 3.05) is 50.6 Å². The highest BCUT2D eigenvalue weighted by molar-refractivity contribution is 9.10. The summed E-state index contributed by atoms with van der Waals surface area (Å²) in [6.07, 6.45) is 3.97. The van der Waals surface area contributed by atoms with Crippen LogP contribution in [0.15, 0.2) is 34.8 Å². The van der Waals surface area contributed by atoms with Crippen molar-refractivity contribution in [3.05, 3.63) is 51.5 Å². The molecule has 0 radical (unpaired) electrons. The lowest BCUT2D eigenvalue weighted by Gasteiger charge is -2.43. The largest absolute Gasteiger partial charge is 0.496 e. The molecule has 2 fully saturated rings. The molecule has 3 aliphatic rings. The van der Waals surface area contributed by atoms with E-state index in [2.05, 4.69) is 26.6 Å². The molecular formula is C29H35BrN4O5. The van der Waals surface area contributed by atoms with Crippen molar-refractivity contribution < 1.29 is 23.9 Å². The van der Waals surface area contributed by atoms with Gasteiger partial charge in [0.1, 0.15) is 11.3 Å². The Bertz CT molecular complexity index is 1270. The lowest BCUT2D eigenvalue weighted by Crippen LogP contribution is -2.58. The molecule has 0 unspecified atom stereocenters. The minimum Gasteiger partial charge on any atom is -0.496 e. The van der Waals surface area contributed by atoms with Crippen LogP contribution in [-0.4, -0.2) is 73.0 Å². The fourth-order valence-corrected chi connectivity index (χ4v) is 6.43. The van der Waals surface area contributed by atoms with Gasteiger partial charge in [0.2, 0.25) is 11.8 Å². The van der Waals surface area contributed by atoms with E-state index in [-0.39, 0.29) is 24.3 Å². The summed E-state index contributed by atoms with van der Waals surface area (Å²) < 4.78 is 11.5. The molecular weight excluding hydrogens is 564 g/mol. The van der Waals surface area contributed by atoms with Gasteiger partial charge in [0.15, 0.2) is 0 Å². The number of rotatable bonds is 7. The van der Waals surface area contributed by atoms with Gasteiger partial charge in [-0.15, -0.1) is 0 Å². The Kier molecular flexibility index (Phi) is 8.25. The number of halogens is 1. The molecule has 2 aliphatic heterocycles. The van der Waals surface area contributed by atoms with Crippen molar-refractivity contribution >= 4 is 45.0 Å². The second-order valence-electron chi connectivity index (χ2n) is 10.5. The number of amides is 3. The van der Waals surface area contributed by atoms with Crippen molar-refractivity contribution in [2.24, 2.45) is 0 Å². The molecule has 3 amide bonds. The second kappa shape index (κ2) is 11.7.